The molecule has 0 saturated heterocycles. The summed E-state index contributed by atoms with van der Waals surface area (Å²) in [6.07, 6.45) is 1.68. The quantitative estimate of drug-likeness (QED) is 0.886. The summed E-state index contributed by atoms with van der Waals surface area (Å²) in [5.74, 6) is 0.451. The number of halogens is 1. The van der Waals surface area contributed by atoms with Crippen LogP contribution in [0.1, 0.15) is 15.9 Å². The Morgan fingerprint density at radius 1 is 1.13 bits per heavy atom. The number of rotatable bonds is 4. The molecule has 23 heavy (non-hydrogen) atoms. The largest absolute Gasteiger partial charge is 0.377 e. The summed E-state index contributed by atoms with van der Waals surface area (Å²) >= 11 is 3.37. The van der Waals surface area contributed by atoms with Gasteiger partial charge < -0.3 is 15.1 Å². The minimum atomic E-state index is -0.181. The molecule has 0 bridgehead atoms. The fraction of sp³-hybridized carbons (Fsp3) is 0.294. The second-order valence-corrected chi connectivity index (χ2v) is 6.68. The third kappa shape index (κ3) is 4.01. The monoisotopic (exact) mass is 376 g/mol. The first-order chi connectivity index (χ1) is 10.8. The molecule has 1 N–H and O–H groups in total. The Labute approximate surface area is 145 Å². The van der Waals surface area contributed by atoms with Crippen LogP contribution in [-0.4, -0.2) is 39.1 Å². The van der Waals surface area contributed by atoms with Crippen LogP contribution in [0.4, 0.5) is 17.2 Å². The smallest absolute Gasteiger partial charge is 0.259 e. The van der Waals surface area contributed by atoms with Gasteiger partial charge in [-0.3, -0.25) is 4.79 Å². The summed E-state index contributed by atoms with van der Waals surface area (Å²) in [7, 11) is 7.72. The van der Waals surface area contributed by atoms with Crippen LogP contribution in [0.25, 0.3) is 0 Å². The van der Waals surface area contributed by atoms with Gasteiger partial charge in [0.15, 0.2) is 0 Å². The Hall–Kier alpha value is -2.08. The van der Waals surface area contributed by atoms with Crippen molar-refractivity contribution in [3.63, 3.8) is 0 Å². The first kappa shape index (κ1) is 17.3. The van der Waals surface area contributed by atoms with E-state index in [1.807, 2.05) is 63.1 Å². The zero-order chi connectivity index (χ0) is 17.1. The van der Waals surface area contributed by atoms with Crippen molar-refractivity contribution in [1.82, 2.24) is 4.98 Å². The number of nitrogens with zero attached hydrogens (tertiary/aromatic N) is 3. The average Bonchev–Trinajstić information content (AvgIpc) is 2.46. The molecule has 2 aromatic rings. The molecule has 0 aliphatic carbocycles. The molecule has 1 amide bonds. The molecular formula is C17H21BrN4O. The van der Waals surface area contributed by atoms with Crippen molar-refractivity contribution in [2.24, 2.45) is 0 Å². The number of carbonyl (C=O) groups excluding carboxylic acids is 1. The van der Waals surface area contributed by atoms with Crippen molar-refractivity contribution in [2.75, 3.05) is 43.3 Å². The lowest BCUT2D eigenvalue weighted by atomic mass is 10.1. The van der Waals surface area contributed by atoms with Gasteiger partial charge in [0.1, 0.15) is 5.82 Å². The summed E-state index contributed by atoms with van der Waals surface area (Å²) in [5.41, 5.74) is 3.52. The molecule has 0 aliphatic heterocycles. The molecule has 5 nitrogen and oxygen atoms in total. The molecule has 1 aromatic carbocycles. The van der Waals surface area contributed by atoms with E-state index in [1.165, 1.54) is 0 Å². The Kier molecular flexibility index (Phi) is 5.26. The van der Waals surface area contributed by atoms with E-state index in [0.717, 1.165) is 21.4 Å². The number of hydrogen-bond donors (Lipinski definition) is 1. The van der Waals surface area contributed by atoms with Crippen molar-refractivity contribution >= 4 is 39.0 Å². The summed E-state index contributed by atoms with van der Waals surface area (Å²) in [4.78, 5) is 20.8. The van der Waals surface area contributed by atoms with E-state index >= 15 is 0 Å². The maximum atomic E-state index is 12.6. The normalized spacial score (nSPS) is 10.3. The molecule has 0 radical (unpaired) electrons. The fourth-order valence-electron chi connectivity index (χ4n) is 2.39. The van der Waals surface area contributed by atoms with Gasteiger partial charge in [0.25, 0.3) is 5.91 Å². The van der Waals surface area contributed by atoms with Gasteiger partial charge in [-0.1, -0.05) is 0 Å². The van der Waals surface area contributed by atoms with Crippen molar-refractivity contribution in [1.29, 1.82) is 0 Å². The molecule has 0 atom stereocenters. The number of aromatic nitrogens is 1. The van der Waals surface area contributed by atoms with Gasteiger partial charge in [0.05, 0.1) is 5.56 Å². The fourth-order valence-corrected chi connectivity index (χ4v) is 2.72. The maximum Gasteiger partial charge on any atom is 0.259 e. The standard InChI is InChI=1S/C17H21BrN4O/c1-11-8-13(6-7-15(11)21(2)3)20-17(23)14-9-12(18)10-19-16(14)22(4)5/h6-10H,1-5H3,(H,20,23). The topological polar surface area (TPSA) is 48.5 Å². The van der Waals surface area contributed by atoms with E-state index in [2.05, 4.69) is 26.2 Å². The zero-order valence-corrected chi connectivity index (χ0v) is 15.6. The molecular weight excluding hydrogens is 356 g/mol. The van der Waals surface area contributed by atoms with Gasteiger partial charge in [-0.05, 0) is 52.7 Å². The van der Waals surface area contributed by atoms with Crippen LogP contribution in [0, 0.1) is 6.92 Å². The third-order valence-electron chi connectivity index (χ3n) is 3.44. The van der Waals surface area contributed by atoms with Crippen molar-refractivity contribution in [3.8, 4) is 0 Å². The van der Waals surface area contributed by atoms with E-state index in [0.29, 0.717) is 11.4 Å². The van der Waals surface area contributed by atoms with Crippen LogP contribution in [0.5, 0.6) is 0 Å². The highest BCUT2D eigenvalue weighted by molar-refractivity contribution is 9.10. The molecule has 0 fully saturated rings. The second kappa shape index (κ2) is 7.00. The summed E-state index contributed by atoms with van der Waals surface area (Å²) in [5, 5.41) is 2.94. The molecule has 0 saturated carbocycles. The number of anilines is 3. The van der Waals surface area contributed by atoms with E-state index in [9.17, 15) is 4.79 Å². The van der Waals surface area contributed by atoms with Crippen LogP contribution in [0.2, 0.25) is 0 Å². The summed E-state index contributed by atoms with van der Waals surface area (Å²) in [6.45, 7) is 2.02. The van der Waals surface area contributed by atoms with E-state index in [1.54, 1.807) is 12.3 Å². The van der Waals surface area contributed by atoms with E-state index < -0.39 is 0 Å². The molecule has 6 heteroatoms. The summed E-state index contributed by atoms with van der Waals surface area (Å²) < 4.78 is 0.771. The van der Waals surface area contributed by atoms with Crippen LogP contribution in [0.15, 0.2) is 34.9 Å². The van der Waals surface area contributed by atoms with Gasteiger partial charge in [-0.25, -0.2) is 4.98 Å². The molecule has 2 rings (SSSR count). The van der Waals surface area contributed by atoms with Crippen molar-refractivity contribution < 1.29 is 4.79 Å². The van der Waals surface area contributed by atoms with Gasteiger partial charge in [0, 0.05) is 50.2 Å². The minimum Gasteiger partial charge on any atom is -0.377 e. The Morgan fingerprint density at radius 3 is 2.39 bits per heavy atom. The van der Waals surface area contributed by atoms with Crippen LogP contribution >= 0.6 is 15.9 Å². The number of aryl methyl sites for hydroxylation is 1. The van der Waals surface area contributed by atoms with Gasteiger partial charge in [0.2, 0.25) is 0 Å². The lowest BCUT2D eigenvalue weighted by Crippen LogP contribution is -2.20. The van der Waals surface area contributed by atoms with Gasteiger partial charge >= 0.3 is 0 Å². The SMILES string of the molecule is Cc1cc(NC(=O)c2cc(Br)cnc2N(C)C)ccc1N(C)C. The maximum absolute atomic E-state index is 12.6. The van der Waals surface area contributed by atoms with E-state index in [4.69, 9.17) is 0 Å². The van der Waals surface area contributed by atoms with Crippen LogP contribution in [-0.2, 0) is 0 Å². The van der Waals surface area contributed by atoms with Gasteiger partial charge in [-0.2, -0.15) is 0 Å². The minimum absolute atomic E-state index is 0.181. The van der Waals surface area contributed by atoms with Crippen LogP contribution < -0.4 is 15.1 Å². The van der Waals surface area contributed by atoms with Crippen LogP contribution in [0.3, 0.4) is 0 Å². The number of hydrogen-bond acceptors (Lipinski definition) is 4. The third-order valence-corrected chi connectivity index (χ3v) is 3.87. The second-order valence-electron chi connectivity index (χ2n) is 5.77. The highest BCUT2D eigenvalue weighted by Crippen LogP contribution is 2.24. The lowest BCUT2D eigenvalue weighted by Gasteiger charge is -2.18. The molecule has 1 heterocycles. The van der Waals surface area contributed by atoms with Crippen molar-refractivity contribution in [2.45, 2.75) is 6.92 Å². The average molecular weight is 377 g/mol. The number of carbonyl (C=O) groups is 1. The zero-order valence-electron chi connectivity index (χ0n) is 14.0. The lowest BCUT2D eigenvalue weighted by molar-refractivity contribution is 0.102. The Bertz CT molecular complexity index is 729. The van der Waals surface area contributed by atoms with Gasteiger partial charge in [-0.15, -0.1) is 0 Å². The number of benzene rings is 1. The molecule has 0 unspecified atom stereocenters. The molecule has 0 aliphatic rings. The first-order valence-corrected chi connectivity index (χ1v) is 8.01. The van der Waals surface area contributed by atoms with Crippen molar-refractivity contribution in [3.05, 3.63) is 46.1 Å². The molecule has 1 aromatic heterocycles. The Morgan fingerprint density at radius 2 is 1.83 bits per heavy atom. The predicted molar refractivity (Wildman–Crippen MR) is 99.7 cm³/mol. The number of nitrogens with one attached hydrogen (secondary N) is 1. The predicted octanol–water partition coefficient (Wildman–Crippen LogP) is 3.54. The Balaban J connectivity index is 2.29. The highest BCUT2D eigenvalue weighted by atomic mass is 79.9. The molecule has 122 valence electrons. The highest BCUT2D eigenvalue weighted by Gasteiger charge is 2.15. The molecule has 0 spiro atoms. The number of pyridine rings is 1. The van der Waals surface area contributed by atoms with E-state index in [-0.39, 0.29) is 5.91 Å². The number of amides is 1. The summed E-state index contributed by atoms with van der Waals surface area (Å²) in [6, 6.07) is 7.64. The first-order valence-electron chi connectivity index (χ1n) is 7.22.